The van der Waals surface area contributed by atoms with Crippen LogP contribution >= 0.6 is 0 Å². The monoisotopic (exact) mass is 851 g/mol. The van der Waals surface area contributed by atoms with E-state index in [1.165, 1.54) is 34.1 Å². The summed E-state index contributed by atoms with van der Waals surface area (Å²) in [7, 11) is 3.01. The van der Waals surface area contributed by atoms with Crippen molar-refractivity contribution in [2.75, 3.05) is 46.9 Å². The maximum absolute atomic E-state index is 14.6. The number of nitrogens with zero attached hydrogens (tertiary/aromatic N) is 2. The fourth-order valence-corrected chi connectivity index (χ4v) is 8.83. The van der Waals surface area contributed by atoms with Gasteiger partial charge >= 0.3 is 5.97 Å². The Morgan fingerprint density at radius 1 is 0.885 bits per heavy atom. The number of benzene rings is 1. The van der Waals surface area contributed by atoms with Gasteiger partial charge in [0.15, 0.2) is 6.10 Å². The number of allylic oxidation sites excluding steroid dienone is 4. The van der Waals surface area contributed by atoms with Crippen LogP contribution in [0, 0.1) is 36.5 Å². The van der Waals surface area contributed by atoms with E-state index >= 15 is 0 Å². The van der Waals surface area contributed by atoms with Gasteiger partial charge in [0.25, 0.3) is 5.91 Å². The third kappa shape index (κ3) is 10.4. The van der Waals surface area contributed by atoms with Gasteiger partial charge in [-0.15, -0.1) is 0 Å². The number of aliphatic hydroxyl groups is 2. The topological polar surface area (TPSA) is 201 Å². The molecule has 3 aliphatic rings. The first-order chi connectivity index (χ1) is 28.7. The molecule has 1 aliphatic carbocycles. The van der Waals surface area contributed by atoms with Gasteiger partial charge in [0.1, 0.15) is 29.0 Å². The number of piperazine rings is 1. The summed E-state index contributed by atoms with van der Waals surface area (Å²) in [6.45, 7) is 20.3. The standard InChI is InChI=1S/C46H65N3O12/c1-23(2)22-48-17-19-49(20-18-48)37-36(41(55)34-33(42(37)56)35-40(54)30(9)60-45(35)29(8)39(34)53)47-46(57)25(4)15-13-14-24(3)43(59-12)27(6)38(52)28(7)44(61-31(10)51)26(5)32(58-11)16-21-50/h13-16,21,23-24,26-28,30,32,38,43-44,50,52-53H,17-20,22H2,1-12H3,(H,47,57)/b14-13+,21-16+,25-15-/t24-,26+,27-,28+,30?,32-,38+,43-,44+/m0/s1. The molecule has 1 unspecified atom stereocenters. The Balaban J connectivity index is 1.60. The number of aromatic hydroxyl groups is 1. The quantitative estimate of drug-likeness (QED) is 0.0659. The molecule has 0 bridgehead atoms. The maximum Gasteiger partial charge on any atom is 0.302 e. The zero-order valence-corrected chi connectivity index (χ0v) is 37.6. The second-order valence-corrected chi connectivity index (χ2v) is 17.0. The lowest BCUT2D eigenvalue weighted by atomic mass is 9.78. The van der Waals surface area contributed by atoms with Crippen molar-refractivity contribution in [3.8, 4) is 11.5 Å². The predicted molar refractivity (Wildman–Crippen MR) is 228 cm³/mol. The van der Waals surface area contributed by atoms with Gasteiger partial charge in [0, 0.05) is 88.7 Å². The highest BCUT2D eigenvalue weighted by Gasteiger charge is 2.46. The number of methoxy groups -OCH3 is 2. The van der Waals surface area contributed by atoms with Gasteiger partial charge in [-0.2, -0.15) is 0 Å². The number of aliphatic hydroxyl groups excluding tert-OH is 2. The lowest BCUT2D eigenvalue weighted by Crippen LogP contribution is -2.50. The molecule has 9 atom stereocenters. The molecule has 2 heterocycles. The van der Waals surface area contributed by atoms with Crippen molar-refractivity contribution in [2.45, 2.75) is 99.8 Å². The molecule has 336 valence electrons. The highest BCUT2D eigenvalue weighted by Crippen LogP contribution is 2.46. The average molecular weight is 852 g/mol. The van der Waals surface area contributed by atoms with Gasteiger partial charge < -0.3 is 44.5 Å². The van der Waals surface area contributed by atoms with Crippen LogP contribution in [0.15, 0.2) is 47.5 Å². The summed E-state index contributed by atoms with van der Waals surface area (Å²) >= 11 is 0. The summed E-state index contributed by atoms with van der Waals surface area (Å²) in [6.07, 6.45) is 3.57. The van der Waals surface area contributed by atoms with E-state index in [0.717, 1.165) is 12.8 Å². The second kappa shape index (κ2) is 20.8. The highest BCUT2D eigenvalue weighted by molar-refractivity contribution is 6.32. The molecular weight excluding hydrogens is 787 g/mol. The molecule has 15 nitrogen and oxygen atoms in total. The molecule has 1 aromatic rings. The van der Waals surface area contributed by atoms with Gasteiger partial charge in [-0.3, -0.25) is 28.9 Å². The van der Waals surface area contributed by atoms with E-state index in [4.69, 9.17) is 18.9 Å². The van der Waals surface area contributed by atoms with Crippen LogP contribution in [0.1, 0.15) is 99.0 Å². The van der Waals surface area contributed by atoms with Gasteiger partial charge in [-0.1, -0.05) is 59.8 Å². The number of rotatable bonds is 18. The molecule has 0 radical (unpaired) electrons. The third-order valence-electron chi connectivity index (χ3n) is 12.2. The van der Waals surface area contributed by atoms with Gasteiger partial charge in [0.2, 0.25) is 17.3 Å². The number of carbonyl (C=O) groups is 5. The first kappa shape index (κ1) is 48.8. The van der Waals surface area contributed by atoms with Crippen molar-refractivity contribution in [1.82, 2.24) is 15.1 Å². The fourth-order valence-electron chi connectivity index (χ4n) is 8.83. The van der Waals surface area contributed by atoms with Crippen molar-refractivity contribution in [2.24, 2.45) is 29.6 Å². The summed E-state index contributed by atoms with van der Waals surface area (Å²) in [4.78, 5) is 72.4. The normalized spacial score (nSPS) is 21.5. The number of carbonyl (C=O) groups excluding carboxylic acids is 5. The van der Waals surface area contributed by atoms with Crippen LogP contribution in [0.2, 0.25) is 0 Å². The average Bonchev–Trinajstić information content (AvgIpc) is 3.51. The van der Waals surface area contributed by atoms with Crippen LogP contribution < -0.4 is 10.1 Å². The Morgan fingerprint density at radius 3 is 2.07 bits per heavy atom. The van der Waals surface area contributed by atoms with E-state index in [-0.39, 0.29) is 50.9 Å². The number of phenols is 1. The zero-order valence-electron chi connectivity index (χ0n) is 37.6. The Kier molecular flexibility index (Phi) is 16.7. The summed E-state index contributed by atoms with van der Waals surface area (Å²) in [5, 5.41) is 35.0. The molecule has 61 heavy (non-hydrogen) atoms. The minimum absolute atomic E-state index is 0.0348. The Hall–Kier alpha value is -4.83. The zero-order chi connectivity index (χ0) is 45.6. The second-order valence-electron chi connectivity index (χ2n) is 17.0. The largest absolute Gasteiger partial charge is 0.516 e. The van der Waals surface area contributed by atoms with Crippen LogP contribution in [-0.4, -0.2) is 132 Å². The molecule has 4 N–H and O–H groups in total. The van der Waals surface area contributed by atoms with Crippen molar-refractivity contribution in [3.05, 3.63) is 69.8 Å². The smallest absolute Gasteiger partial charge is 0.302 e. The van der Waals surface area contributed by atoms with E-state index in [1.807, 2.05) is 19.9 Å². The first-order valence-corrected chi connectivity index (χ1v) is 21.0. The van der Waals surface area contributed by atoms with Crippen molar-refractivity contribution >= 4 is 29.2 Å². The Bertz CT molecular complexity index is 1960. The van der Waals surface area contributed by atoms with Gasteiger partial charge in [0.05, 0.1) is 41.3 Å². The number of hydrogen-bond acceptors (Lipinski definition) is 14. The maximum atomic E-state index is 14.6. The van der Waals surface area contributed by atoms with E-state index in [9.17, 15) is 39.3 Å². The van der Waals surface area contributed by atoms with Gasteiger partial charge in [-0.05, 0) is 32.8 Å². The van der Waals surface area contributed by atoms with Crippen molar-refractivity contribution < 1.29 is 58.2 Å². The minimum Gasteiger partial charge on any atom is -0.516 e. The number of fused-ring (bicyclic) bond motifs is 3. The van der Waals surface area contributed by atoms with Crippen LogP contribution in [0.4, 0.5) is 0 Å². The van der Waals surface area contributed by atoms with Crippen LogP contribution in [-0.2, 0) is 23.8 Å². The Labute approximate surface area is 359 Å². The minimum atomic E-state index is -0.994. The lowest BCUT2D eigenvalue weighted by molar-refractivity contribution is -0.161. The first-order valence-electron chi connectivity index (χ1n) is 21.0. The predicted octanol–water partition coefficient (Wildman–Crippen LogP) is 5.09. The van der Waals surface area contributed by atoms with E-state index in [1.54, 1.807) is 44.7 Å². The van der Waals surface area contributed by atoms with Crippen LogP contribution in [0.5, 0.6) is 11.5 Å². The summed E-state index contributed by atoms with van der Waals surface area (Å²) in [5.74, 6) is -4.81. The Morgan fingerprint density at radius 2 is 1.51 bits per heavy atom. The van der Waals surface area contributed by atoms with Crippen molar-refractivity contribution in [1.29, 1.82) is 0 Å². The molecule has 1 aromatic carbocycles. The van der Waals surface area contributed by atoms with Crippen molar-refractivity contribution in [3.63, 3.8) is 0 Å². The third-order valence-corrected chi connectivity index (χ3v) is 12.2. The number of Topliss-reactive ketones (excluding diaryl/α,β-unsaturated/α-hetero) is 3. The van der Waals surface area contributed by atoms with E-state index in [0.29, 0.717) is 32.1 Å². The molecule has 0 spiro atoms. The molecule has 4 rings (SSSR count). The number of ketones is 3. The number of ether oxygens (including phenoxy) is 4. The molecule has 15 heteroatoms. The molecule has 2 aliphatic heterocycles. The highest BCUT2D eigenvalue weighted by atomic mass is 16.5. The van der Waals surface area contributed by atoms with Crippen LogP contribution in [0.25, 0.3) is 0 Å². The molecule has 1 amide bonds. The molecule has 0 aromatic heterocycles. The van der Waals surface area contributed by atoms with Gasteiger partial charge in [-0.25, -0.2) is 0 Å². The van der Waals surface area contributed by atoms with Crippen LogP contribution in [0.3, 0.4) is 0 Å². The van der Waals surface area contributed by atoms with E-state index < -0.39 is 83.2 Å². The van der Waals surface area contributed by atoms with E-state index in [2.05, 4.69) is 24.1 Å². The number of amides is 1. The summed E-state index contributed by atoms with van der Waals surface area (Å²) in [5.41, 5.74) is -0.552. The number of nitrogens with one attached hydrogen (secondary N) is 1. The summed E-state index contributed by atoms with van der Waals surface area (Å²) < 4.78 is 22.8. The SMILES string of the molecule is CO[C@H]([C@@H](C)[C@@H](O)[C@@H](C)[C@H](OC(C)=O)[C@H](C)[C@H](/C=C/O)OC)[C@@H](C)/C=C/C=C(/C)C(=O)NC1=C(N2CCN(CC(C)C)CC2)C(=O)c2c(c(O)c(C)c3c2C(=O)C(C)O3)C1=O. The fraction of sp³-hybridized carbons (Fsp3) is 0.587. The molecular formula is C46H65N3O12. The summed E-state index contributed by atoms with van der Waals surface area (Å²) in [6, 6.07) is 0. The molecule has 0 saturated carbocycles. The molecule has 1 saturated heterocycles. The molecule has 1 fully saturated rings. The lowest BCUT2D eigenvalue weighted by Gasteiger charge is -2.39. The number of esters is 1. The number of phenolic OH excluding ortho intramolecular Hbond substituents is 1. The number of hydrogen-bond donors (Lipinski definition) is 4.